The molecular formula is C13H19N3OS. The van der Waals surface area contributed by atoms with E-state index in [4.69, 9.17) is 4.74 Å². The first-order valence-corrected chi connectivity index (χ1v) is 7.14. The second kappa shape index (κ2) is 5.36. The van der Waals surface area contributed by atoms with Crippen LogP contribution in [0, 0.1) is 11.8 Å². The summed E-state index contributed by atoms with van der Waals surface area (Å²) in [7, 11) is 0. The number of nitrogens with zero attached hydrogens (tertiary/aromatic N) is 2. The van der Waals surface area contributed by atoms with Crippen molar-refractivity contribution in [1.29, 1.82) is 0 Å². The van der Waals surface area contributed by atoms with Crippen LogP contribution in [0.25, 0.3) is 0 Å². The van der Waals surface area contributed by atoms with Gasteiger partial charge in [0.05, 0.1) is 24.7 Å². The number of thiol groups is 1. The van der Waals surface area contributed by atoms with E-state index in [1.807, 2.05) is 6.20 Å². The van der Waals surface area contributed by atoms with Crippen molar-refractivity contribution in [2.45, 2.75) is 0 Å². The summed E-state index contributed by atoms with van der Waals surface area (Å²) in [6.07, 6.45) is 3.70. The van der Waals surface area contributed by atoms with Crippen LogP contribution in [0.4, 0.5) is 5.69 Å². The Balaban J connectivity index is 1.69. The third-order valence-electron chi connectivity index (χ3n) is 3.81. The van der Waals surface area contributed by atoms with Crippen LogP contribution in [0.2, 0.25) is 0 Å². The zero-order valence-electron chi connectivity index (χ0n) is 10.4. The number of hydrogen-bond acceptors (Lipinski definition) is 5. The molecule has 2 aliphatic rings. The predicted octanol–water partition coefficient (Wildman–Crippen LogP) is 1.05. The summed E-state index contributed by atoms with van der Waals surface area (Å²) < 4.78 is 5.57. The third-order valence-corrected chi connectivity index (χ3v) is 4.00. The van der Waals surface area contributed by atoms with Crippen molar-refractivity contribution in [3.05, 3.63) is 18.5 Å². The summed E-state index contributed by atoms with van der Waals surface area (Å²) in [5.74, 6) is 3.17. The molecule has 0 aromatic carbocycles. The Hall–Kier alpha value is -0.940. The van der Waals surface area contributed by atoms with Gasteiger partial charge in [-0.05, 0) is 11.8 Å². The average molecular weight is 265 g/mol. The van der Waals surface area contributed by atoms with E-state index in [1.54, 1.807) is 6.20 Å². The van der Waals surface area contributed by atoms with Crippen molar-refractivity contribution in [1.82, 2.24) is 10.3 Å². The van der Waals surface area contributed by atoms with E-state index >= 15 is 0 Å². The van der Waals surface area contributed by atoms with Gasteiger partial charge in [-0.15, -0.1) is 0 Å². The molecule has 2 fully saturated rings. The van der Waals surface area contributed by atoms with E-state index in [2.05, 4.69) is 33.9 Å². The van der Waals surface area contributed by atoms with Crippen LogP contribution in [0.15, 0.2) is 18.5 Å². The second-order valence-corrected chi connectivity index (χ2v) is 5.48. The standard InChI is InChI=1S/C13H19N3OS/c18-2-1-17-13-3-12(6-15-7-13)16-8-10-4-14-5-11(10)9-16/h3,6-7,10-11,14,18H,1-2,4-5,8-9H2. The fourth-order valence-corrected chi connectivity index (χ4v) is 2.98. The molecule has 3 heterocycles. The predicted molar refractivity (Wildman–Crippen MR) is 75.6 cm³/mol. The third kappa shape index (κ3) is 2.42. The number of rotatable bonds is 4. The Morgan fingerprint density at radius 3 is 2.83 bits per heavy atom. The molecular weight excluding hydrogens is 246 g/mol. The van der Waals surface area contributed by atoms with Gasteiger partial charge in [-0.1, -0.05) is 0 Å². The molecule has 98 valence electrons. The highest BCUT2D eigenvalue weighted by molar-refractivity contribution is 7.80. The first-order chi connectivity index (χ1) is 8.86. The van der Waals surface area contributed by atoms with Gasteiger partial charge >= 0.3 is 0 Å². The van der Waals surface area contributed by atoms with Gasteiger partial charge in [-0.2, -0.15) is 12.6 Å². The lowest BCUT2D eigenvalue weighted by molar-refractivity contribution is 0.343. The highest BCUT2D eigenvalue weighted by Gasteiger charge is 2.36. The van der Waals surface area contributed by atoms with E-state index < -0.39 is 0 Å². The lowest BCUT2D eigenvalue weighted by atomic mass is 10.0. The maximum Gasteiger partial charge on any atom is 0.139 e. The number of pyridine rings is 1. The van der Waals surface area contributed by atoms with Gasteiger partial charge in [0.2, 0.25) is 0 Å². The van der Waals surface area contributed by atoms with Crippen LogP contribution in [0.3, 0.4) is 0 Å². The number of fused-ring (bicyclic) bond motifs is 1. The Morgan fingerprint density at radius 2 is 2.11 bits per heavy atom. The number of anilines is 1. The Kier molecular flexibility index (Phi) is 3.61. The minimum Gasteiger partial charge on any atom is -0.491 e. The molecule has 2 atom stereocenters. The van der Waals surface area contributed by atoms with Crippen LogP contribution in [-0.2, 0) is 0 Å². The molecule has 18 heavy (non-hydrogen) atoms. The van der Waals surface area contributed by atoms with Crippen molar-refractivity contribution in [3.8, 4) is 5.75 Å². The van der Waals surface area contributed by atoms with Gasteiger partial charge in [0.25, 0.3) is 0 Å². The molecule has 0 radical (unpaired) electrons. The van der Waals surface area contributed by atoms with Crippen molar-refractivity contribution >= 4 is 18.3 Å². The van der Waals surface area contributed by atoms with Crippen molar-refractivity contribution in [3.63, 3.8) is 0 Å². The molecule has 1 aromatic heterocycles. The molecule has 5 heteroatoms. The fourth-order valence-electron chi connectivity index (χ4n) is 2.89. The Morgan fingerprint density at radius 1 is 1.33 bits per heavy atom. The minimum absolute atomic E-state index is 0.628. The largest absolute Gasteiger partial charge is 0.491 e. The molecule has 4 nitrogen and oxygen atoms in total. The smallest absolute Gasteiger partial charge is 0.139 e. The van der Waals surface area contributed by atoms with E-state index in [-0.39, 0.29) is 0 Å². The topological polar surface area (TPSA) is 37.4 Å². The van der Waals surface area contributed by atoms with E-state index in [0.29, 0.717) is 6.61 Å². The molecule has 1 N–H and O–H groups in total. The maximum absolute atomic E-state index is 5.57. The lowest BCUT2D eigenvalue weighted by Gasteiger charge is -2.19. The van der Waals surface area contributed by atoms with Crippen LogP contribution >= 0.6 is 12.6 Å². The number of hydrogen-bond donors (Lipinski definition) is 2. The molecule has 0 bridgehead atoms. The summed E-state index contributed by atoms with van der Waals surface area (Å²) in [5, 5.41) is 3.46. The number of nitrogens with one attached hydrogen (secondary N) is 1. The van der Waals surface area contributed by atoms with Crippen LogP contribution < -0.4 is 15.0 Å². The van der Waals surface area contributed by atoms with Gasteiger partial charge in [0, 0.05) is 38.0 Å². The zero-order chi connectivity index (χ0) is 12.4. The average Bonchev–Trinajstić information content (AvgIpc) is 2.97. The van der Waals surface area contributed by atoms with Crippen molar-refractivity contribution < 1.29 is 4.74 Å². The maximum atomic E-state index is 5.57. The quantitative estimate of drug-likeness (QED) is 0.798. The van der Waals surface area contributed by atoms with Gasteiger partial charge in [0.1, 0.15) is 5.75 Å². The summed E-state index contributed by atoms with van der Waals surface area (Å²) in [5.41, 5.74) is 1.18. The molecule has 0 spiro atoms. The van der Waals surface area contributed by atoms with Crippen LogP contribution in [0.1, 0.15) is 0 Å². The van der Waals surface area contributed by atoms with Crippen LogP contribution in [-0.4, -0.2) is 43.5 Å². The summed E-state index contributed by atoms with van der Waals surface area (Å²) in [6.45, 7) is 5.21. The number of aromatic nitrogens is 1. The molecule has 0 saturated carbocycles. The fraction of sp³-hybridized carbons (Fsp3) is 0.615. The summed E-state index contributed by atoms with van der Waals surface area (Å²) >= 11 is 4.15. The molecule has 1 aromatic rings. The SMILES string of the molecule is SCCOc1cncc(N2CC3CNCC3C2)c1. The second-order valence-electron chi connectivity index (χ2n) is 5.03. The molecule has 0 aliphatic carbocycles. The Bertz CT molecular complexity index is 403. The van der Waals surface area contributed by atoms with Gasteiger partial charge < -0.3 is 15.0 Å². The lowest BCUT2D eigenvalue weighted by Crippen LogP contribution is -2.25. The van der Waals surface area contributed by atoms with Gasteiger partial charge in [0.15, 0.2) is 0 Å². The first kappa shape index (κ1) is 12.1. The number of ether oxygens (including phenoxy) is 1. The first-order valence-electron chi connectivity index (χ1n) is 6.51. The van der Waals surface area contributed by atoms with Crippen molar-refractivity contribution in [2.24, 2.45) is 11.8 Å². The van der Waals surface area contributed by atoms with Gasteiger partial charge in [-0.3, -0.25) is 4.98 Å². The van der Waals surface area contributed by atoms with E-state index in [1.165, 1.54) is 5.69 Å². The monoisotopic (exact) mass is 265 g/mol. The van der Waals surface area contributed by atoms with E-state index in [9.17, 15) is 0 Å². The highest BCUT2D eigenvalue weighted by atomic mass is 32.1. The van der Waals surface area contributed by atoms with E-state index in [0.717, 1.165) is 49.5 Å². The summed E-state index contributed by atoms with van der Waals surface area (Å²) in [6, 6.07) is 2.09. The summed E-state index contributed by atoms with van der Waals surface area (Å²) in [4.78, 5) is 6.70. The van der Waals surface area contributed by atoms with Gasteiger partial charge in [-0.25, -0.2) is 0 Å². The zero-order valence-corrected chi connectivity index (χ0v) is 11.3. The molecule has 2 saturated heterocycles. The Labute approximate surface area is 113 Å². The highest BCUT2D eigenvalue weighted by Crippen LogP contribution is 2.31. The molecule has 2 aliphatic heterocycles. The molecule has 3 rings (SSSR count). The van der Waals surface area contributed by atoms with Crippen LogP contribution in [0.5, 0.6) is 5.75 Å². The molecule has 2 unspecified atom stereocenters. The minimum atomic E-state index is 0.628. The molecule has 0 amide bonds. The van der Waals surface area contributed by atoms with Crippen molar-refractivity contribution in [2.75, 3.05) is 43.4 Å². The normalized spacial score (nSPS) is 26.4.